The summed E-state index contributed by atoms with van der Waals surface area (Å²) in [5, 5.41) is 11.1. The van der Waals surface area contributed by atoms with Crippen LogP contribution in [0.3, 0.4) is 0 Å². The molecule has 1 unspecified atom stereocenters. The SMILES string of the molecule is CCCN(CCC)C1COc2cccc([N+](=O)[O-])c2C1. The third-order valence-corrected chi connectivity index (χ3v) is 3.71. The van der Waals surface area contributed by atoms with E-state index in [9.17, 15) is 10.1 Å². The van der Waals surface area contributed by atoms with Gasteiger partial charge in [0.25, 0.3) is 5.69 Å². The molecule has 1 aliphatic rings. The van der Waals surface area contributed by atoms with Gasteiger partial charge in [0, 0.05) is 18.5 Å². The molecule has 20 heavy (non-hydrogen) atoms. The lowest BCUT2D eigenvalue weighted by atomic mass is 9.99. The minimum atomic E-state index is -0.311. The maximum atomic E-state index is 11.1. The lowest BCUT2D eigenvalue weighted by Gasteiger charge is -2.34. The van der Waals surface area contributed by atoms with Gasteiger partial charge in [-0.2, -0.15) is 0 Å². The molecule has 0 N–H and O–H groups in total. The molecule has 110 valence electrons. The Morgan fingerprint density at radius 1 is 1.35 bits per heavy atom. The predicted molar refractivity (Wildman–Crippen MR) is 78.2 cm³/mol. The number of nitrogens with zero attached hydrogens (tertiary/aromatic N) is 2. The molecule has 0 saturated heterocycles. The third-order valence-electron chi connectivity index (χ3n) is 3.71. The van der Waals surface area contributed by atoms with Crippen LogP contribution in [0.15, 0.2) is 18.2 Å². The van der Waals surface area contributed by atoms with Crippen molar-refractivity contribution in [2.45, 2.75) is 39.2 Å². The number of hydrogen-bond acceptors (Lipinski definition) is 4. The minimum absolute atomic E-state index is 0.181. The number of benzene rings is 1. The fourth-order valence-corrected chi connectivity index (χ4v) is 2.83. The van der Waals surface area contributed by atoms with Gasteiger partial charge < -0.3 is 4.74 Å². The van der Waals surface area contributed by atoms with Crippen molar-refractivity contribution in [3.8, 4) is 5.75 Å². The second-order valence-electron chi connectivity index (χ2n) is 5.22. The van der Waals surface area contributed by atoms with Crippen molar-refractivity contribution in [1.29, 1.82) is 0 Å². The van der Waals surface area contributed by atoms with Gasteiger partial charge in [0.05, 0.1) is 10.5 Å². The van der Waals surface area contributed by atoms with Crippen LogP contribution < -0.4 is 4.74 Å². The number of hydrogen-bond donors (Lipinski definition) is 0. The summed E-state index contributed by atoms with van der Waals surface area (Å²) in [6, 6.07) is 5.31. The summed E-state index contributed by atoms with van der Waals surface area (Å²) in [5.41, 5.74) is 0.922. The highest BCUT2D eigenvalue weighted by molar-refractivity contribution is 5.50. The van der Waals surface area contributed by atoms with Gasteiger partial charge in [-0.05, 0) is 32.0 Å². The van der Waals surface area contributed by atoms with E-state index in [2.05, 4.69) is 18.7 Å². The van der Waals surface area contributed by atoms with E-state index in [0.717, 1.165) is 31.5 Å². The maximum absolute atomic E-state index is 11.1. The Kier molecular flexibility index (Phi) is 4.95. The highest BCUT2D eigenvalue weighted by atomic mass is 16.6. The summed E-state index contributed by atoms with van der Waals surface area (Å²) >= 11 is 0. The monoisotopic (exact) mass is 278 g/mol. The molecule has 5 heteroatoms. The Balaban J connectivity index is 2.22. The van der Waals surface area contributed by atoms with Crippen LogP contribution in [0.4, 0.5) is 5.69 Å². The van der Waals surface area contributed by atoms with E-state index < -0.39 is 0 Å². The van der Waals surface area contributed by atoms with Crippen LogP contribution in [0.5, 0.6) is 5.75 Å². The van der Waals surface area contributed by atoms with Crippen molar-refractivity contribution in [1.82, 2.24) is 4.90 Å². The van der Waals surface area contributed by atoms with E-state index in [1.54, 1.807) is 12.1 Å². The van der Waals surface area contributed by atoms with E-state index in [0.29, 0.717) is 18.8 Å². The van der Waals surface area contributed by atoms with Crippen molar-refractivity contribution in [3.05, 3.63) is 33.9 Å². The van der Waals surface area contributed by atoms with Gasteiger partial charge >= 0.3 is 0 Å². The van der Waals surface area contributed by atoms with Crippen LogP contribution in [-0.2, 0) is 6.42 Å². The fourth-order valence-electron chi connectivity index (χ4n) is 2.83. The number of fused-ring (bicyclic) bond motifs is 1. The molecule has 0 spiro atoms. The third kappa shape index (κ3) is 3.10. The van der Waals surface area contributed by atoms with E-state index >= 15 is 0 Å². The molecule has 5 nitrogen and oxygen atoms in total. The van der Waals surface area contributed by atoms with Gasteiger partial charge in [-0.15, -0.1) is 0 Å². The topological polar surface area (TPSA) is 55.6 Å². The number of rotatable bonds is 6. The van der Waals surface area contributed by atoms with E-state index in [1.807, 2.05) is 6.07 Å². The second-order valence-corrected chi connectivity index (χ2v) is 5.22. The van der Waals surface area contributed by atoms with E-state index in [4.69, 9.17) is 4.74 Å². The lowest BCUT2D eigenvalue weighted by molar-refractivity contribution is -0.385. The summed E-state index contributed by atoms with van der Waals surface area (Å²) in [6.07, 6.45) is 2.87. The molecule has 0 fully saturated rings. The van der Waals surface area contributed by atoms with Crippen molar-refractivity contribution >= 4 is 5.69 Å². The Labute approximate surface area is 119 Å². The smallest absolute Gasteiger partial charge is 0.276 e. The average Bonchev–Trinajstić information content (AvgIpc) is 2.45. The van der Waals surface area contributed by atoms with Crippen LogP contribution in [0.25, 0.3) is 0 Å². The molecule has 0 aliphatic carbocycles. The van der Waals surface area contributed by atoms with Crippen LogP contribution in [0, 0.1) is 10.1 Å². The van der Waals surface area contributed by atoms with Crippen molar-refractivity contribution in [2.75, 3.05) is 19.7 Å². The van der Waals surface area contributed by atoms with Gasteiger partial charge in [-0.1, -0.05) is 19.9 Å². The first kappa shape index (κ1) is 14.8. The summed E-state index contributed by atoms with van der Waals surface area (Å²) in [7, 11) is 0. The van der Waals surface area contributed by atoms with E-state index in [-0.39, 0.29) is 16.7 Å². The second kappa shape index (κ2) is 6.70. The van der Waals surface area contributed by atoms with Crippen LogP contribution in [0.2, 0.25) is 0 Å². The van der Waals surface area contributed by atoms with Gasteiger partial charge in [0.1, 0.15) is 12.4 Å². The summed E-state index contributed by atoms with van der Waals surface area (Å²) < 4.78 is 5.75. The number of ether oxygens (including phenoxy) is 1. The summed E-state index contributed by atoms with van der Waals surface area (Å²) in [4.78, 5) is 13.2. The highest BCUT2D eigenvalue weighted by Crippen LogP contribution is 2.33. The molecule has 1 aromatic carbocycles. The lowest BCUT2D eigenvalue weighted by Crippen LogP contribution is -2.44. The largest absolute Gasteiger partial charge is 0.491 e. The Morgan fingerprint density at radius 3 is 2.65 bits per heavy atom. The maximum Gasteiger partial charge on any atom is 0.276 e. The highest BCUT2D eigenvalue weighted by Gasteiger charge is 2.29. The van der Waals surface area contributed by atoms with Crippen molar-refractivity contribution < 1.29 is 9.66 Å². The first-order valence-electron chi connectivity index (χ1n) is 7.30. The minimum Gasteiger partial charge on any atom is -0.491 e. The molecular weight excluding hydrogens is 256 g/mol. The van der Waals surface area contributed by atoms with Gasteiger partial charge in [-0.3, -0.25) is 15.0 Å². The van der Waals surface area contributed by atoms with Gasteiger partial charge in [0.2, 0.25) is 0 Å². The van der Waals surface area contributed by atoms with Gasteiger partial charge in [-0.25, -0.2) is 0 Å². The van der Waals surface area contributed by atoms with Crippen LogP contribution >= 0.6 is 0 Å². The molecule has 1 aliphatic heterocycles. The summed E-state index contributed by atoms with van der Waals surface area (Å²) in [6.45, 7) is 6.95. The molecule has 0 saturated carbocycles. The summed E-state index contributed by atoms with van der Waals surface area (Å²) in [5.74, 6) is 0.670. The van der Waals surface area contributed by atoms with Crippen molar-refractivity contribution in [2.24, 2.45) is 0 Å². The predicted octanol–water partition coefficient (Wildman–Crippen LogP) is 3.02. The first-order chi connectivity index (χ1) is 9.67. The number of nitro groups is 1. The Morgan fingerprint density at radius 2 is 2.05 bits per heavy atom. The molecule has 0 amide bonds. The normalized spacial score (nSPS) is 17.6. The molecule has 0 bridgehead atoms. The zero-order valence-corrected chi connectivity index (χ0v) is 12.2. The quantitative estimate of drug-likeness (QED) is 0.593. The standard InChI is InChI=1S/C15H22N2O3/c1-3-8-16(9-4-2)12-10-13-14(17(18)19)6-5-7-15(13)20-11-12/h5-7,12H,3-4,8-11H2,1-2H3. The number of nitro benzene ring substituents is 1. The molecule has 0 aromatic heterocycles. The fraction of sp³-hybridized carbons (Fsp3) is 0.600. The molecule has 1 aromatic rings. The zero-order chi connectivity index (χ0) is 14.5. The van der Waals surface area contributed by atoms with Crippen molar-refractivity contribution in [3.63, 3.8) is 0 Å². The molecule has 0 radical (unpaired) electrons. The molecule has 2 rings (SSSR count). The molecule has 1 atom stereocenters. The average molecular weight is 278 g/mol. The molecular formula is C15H22N2O3. The van der Waals surface area contributed by atoms with Crippen LogP contribution in [0.1, 0.15) is 32.3 Å². The van der Waals surface area contributed by atoms with Crippen LogP contribution in [-0.4, -0.2) is 35.6 Å². The first-order valence-corrected chi connectivity index (χ1v) is 7.30. The molecule has 1 heterocycles. The zero-order valence-electron chi connectivity index (χ0n) is 12.2. The van der Waals surface area contributed by atoms with Gasteiger partial charge in [0.15, 0.2) is 0 Å². The Bertz CT molecular complexity index is 470. The Hall–Kier alpha value is -1.62. The van der Waals surface area contributed by atoms with E-state index in [1.165, 1.54) is 0 Å².